The normalized spacial score (nSPS) is 24.2. The molecule has 2 aromatic carbocycles. The number of ether oxygens (including phenoxy) is 2. The van der Waals surface area contributed by atoms with Crippen LogP contribution in [0.25, 0.3) is 0 Å². The fraction of sp³-hybridized carbons (Fsp3) is 0.278. The average Bonchev–Trinajstić information content (AvgIpc) is 2.57. The van der Waals surface area contributed by atoms with Gasteiger partial charge < -0.3 is 14.8 Å². The Bertz CT molecular complexity index is 873. The van der Waals surface area contributed by atoms with E-state index in [2.05, 4.69) is 5.32 Å². The van der Waals surface area contributed by atoms with Crippen LogP contribution in [0.4, 0.5) is 19.3 Å². The number of carbonyl (C=O) groups excluding carboxylic acids is 1. The van der Waals surface area contributed by atoms with Gasteiger partial charge in [-0.15, -0.1) is 0 Å². The van der Waals surface area contributed by atoms with Crippen molar-refractivity contribution < 1.29 is 23.0 Å². The zero-order valence-electron chi connectivity index (χ0n) is 13.7. The molecule has 2 atom stereocenters. The van der Waals surface area contributed by atoms with Gasteiger partial charge in [0.2, 0.25) is 0 Å². The summed E-state index contributed by atoms with van der Waals surface area (Å²) in [5.41, 5.74) is -0.00960. The molecule has 1 N–H and O–H groups in total. The van der Waals surface area contributed by atoms with Crippen LogP contribution in [0.2, 0.25) is 0 Å². The number of para-hydroxylation sites is 1. The Morgan fingerprint density at radius 2 is 2.08 bits per heavy atom. The number of benzene rings is 2. The highest BCUT2D eigenvalue weighted by atomic mass is 19.2. The molecule has 2 heterocycles. The van der Waals surface area contributed by atoms with Gasteiger partial charge in [0.25, 0.3) is 0 Å². The zero-order valence-corrected chi connectivity index (χ0v) is 13.7. The highest BCUT2D eigenvalue weighted by Crippen LogP contribution is 2.49. The van der Waals surface area contributed by atoms with Crippen molar-refractivity contribution in [1.82, 2.24) is 5.32 Å². The summed E-state index contributed by atoms with van der Waals surface area (Å²) in [5.74, 6) is -0.906. The maximum Gasteiger partial charge on any atom is 0.325 e. The summed E-state index contributed by atoms with van der Waals surface area (Å²) in [6, 6.07) is 8.12. The molecule has 1 saturated heterocycles. The average molecular weight is 346 g/mol. The molecule has 2 aliphatic heterocycles. The van der Waals surface area contributed by atoms with Crippen LogP contribution in [-0.2, 0) is 0 Å². The first-order chi connectivity index (χ1) is 11.9. The summed E-state index contributed by atoms with van der Waals surface area (Å²) in [5, 5.41) is 2.90. The number of hydrogen-bond donors (Lipinski definition) is 1. The van der Waals surface area contributed by atoms with Crippen LogP contribution in [0.3, 0.4) is 0 Å². The number of nitrogens with one attached hydrogen (secondary N) is 1. The number of halogens is 2. The van der Waals surface area contributed by atoms with Crippen LogP contribution < -0.4 is 19.7 Å². The molecule has 1 fully saturated rings. The number of methoxy groups -OCH3 is 1. The van der Waals surface area contributed by atoms with E-state index in [0.29, 0.717) is 17.9 Å². The van der Waals surface area contributed by atoms with Gasteiger partial charge in [0.15, 0.2) is 28.9 Å². The van der Waals surface area contributed by atoms with Crippen molar-refractivity contribution in [2.24, 2.45) is 0 Å². The van der Waals surface area contributed by atoms with Gasteiger partial charge in [-0.05, 0) is 25.1 Å². The number of rotatable bonds is 2. The minimum atomic E-state index is -1.06. The predicted molar refractivity (Wildman–Crippen MR) is 86.8 cm³/mol. The lowest BCUT2D eigenvalue weighted by Crippen LogP contribution is -2.65. The Balaban J connectivity index is 1.82. The monoisotopic (exact) mass is 346 g/mol. The molecule has 2 aliphatic rings. The van der Waals surface area contributed by atoms with E-state index in [1.54, 1.807) is 13.0 Å². The first-order valence-electron chi connectivity index (χ1n) is 7.84. The van der Waals surface area contributed by atoms with Crippen molar-refractivity contribution >= 4 is 11.7 Å². The standard InChI is InChI=1S/C18H16F2N2O3/c1-18-9-14(11-4-3-5-15(24-2)16(11)25-18)21-17(23)22(18)10-6-7-12(19)13(20)8-10/h3-8,14H,9H2,1-2H3,(H,21,23). The van der Waals surface area contributed by atoms with Crippen LogP contribution in [0.5, 0.6) is 11.5 Å². The third-order valence-corrected chi connectivity index (χ3v) is 4.64. The first-order valence-corrected chi connectivity index (χ1v) is 7.84. The highest BCUT2D eigenvalue weighted by molar-refractivity contribution is 5.95. The molecule has 130 valence electrons. The fourth-order valence-electron chi connectivity index (χ4n) is 3.54. The molecule has 2 bridgehead atoms. The summed E-state index contributed by atoms with van der Waals surface area (Å²) in [6.07, 6.45) is 0.456. The van der Waals surface area contributed by atoms with Crippen LogP contribution >= 0.6 is 0 Å². The van der Waals surface area contributed by atoms with Crippen molar-refractivity contribution in [2.45, 2.75) is 25.1 Å². The number of fused-ring (bicyclic) bond motifs is 4. The maximum absolute atomic E-state index is 13.7. The molecular weight excluding hydrogens is 330 g/mol. The van der Waals surface area contributed by atoms with Gasteiger partial charge in [-0.25, -0.2) is 13.6 Å². The Kier molecular flexibility index (Phi) is 3.35. The van der Waals surface area contributed by atoms with Gasteiger partial charge in [-0.2, -0.15) is 0 Å². The summed E-state index contributed by atoms with van der Waals surface area (Å²) < 4.78 is 38.4. The zero-order chi connectivity index (χ0) is 17.8. The molecule has 4 rings (SSSR count). The second-order valence-corrected chi connectivity index (χ2v) is 6.30. The Morgan fingerprint density at radius 1 is 1.28 bits per heavy atom. The number of anilines is 1. The molecule has 0 radical (unpaired) electrons. The van der Waals surface area contributed by atoms with E-state index in [0.717, 1.165) is 17.7 Å². The quantitative estimate of drug-likeness (QED) is 0.901. The largest absolute Gasteiger partial charge is 0.493 e. The maximum atomic E-state index is 13.7. The Labute approximate surface area is 143 Å². The van der Waals surface area contributed by atoms with Gasteiger partial charge >= 0.3 is 6.03 Å². The number of urea groups is 1. The van der Waals surface area contributed by atoms with Crippen LogP contribution in [0, 0.1) is 11.6 Å². The number of hydrogen-bond acceptors (Lipinski definition) is 3. The van der Waals surface area contributed by atoms with Gasteiger partial charge in [-0.3, -0.25) is 4.90 Å². The van der Waals surface area contributed by atoms with Crippen LogP contribution in [0.15, 0.2) is 36.4 Å². The third kappa shape index (κ3) is 2.30. The molecule has 25 heavy (non-hydrogen) atoms. The number of nitrogens with zero attached hydrogens (tertiary/aromatic N) is 1. The van der Waals surface area contributed by atoms with Crippen LogP contribution in [0.1, 0.15) is 24.9 Å². The molecule has 0 spiro atoms. The van der Waals surface area contributed by atoms with Crippen molar-refractivity contribution in [2.75, 3.05) is 12.0 Å². The van der Waals surface area contributed by atoms with Crippen molar-refractivity contribution in [3.63, 3.8) is 0 Å². The summed E-state index contributed by atoms with van der Waals surface area (Å²) in [4.78, 5) is 14.0. The van der Waals surface area contributed by atoms with Gasteiger partial charge in [0, 0.05) is 18.1 Å². The lowest BCUT2D eigenvalue weighted by atomic mass is 9.90. The predicted octanol–water partition coefficient (Wildman–Crippen LogP) is 3.74. The smallest absolute Gasteiger partial charge is 0.325 e. The summed E-state index contributed by atoms with van der Waals surface area (Å²) in [7, 11) is 1.54. The minimum absolute atomic E-state index is 0.218. The van der Waals surface area contributed by atoms with E-state index in [9.17, 15) is 13.6 Å². The van der Waals surface area contributed by atoms with Crippen LogP contribution in [-0.4, -0.2) is 18.9 Å². The molecule has 2 aromatic rings. The highest BCUT2D eigenvalue weighted by Gasteiger charge is 2.50. The topological polar surface area (TPSA) is 50.8 Å². The van der Waals surface area contributed by atoms with Gasteiger partial charge in [0.05, 0.1) is 18.8 Å². The van der Waals surface area contributed by atoms with E-state index in [1.807, 2.05) is 12.1 Å². The molecule has 0 aromatic heterocycles. The van der Waals surface area contributed by atoms with Crippen molar-refractivity contribution in [3.8, 4) is 11.5 Å². The Morgan fingerprint density at radius 3 is 2.80 bits per heavy atom. The summed E-state index contributed by atoms with van der Waals surface area (Å²) >= 11 is 0. The molecule has 2 unspecified atom stereocenters. The second kappa shape index (κ2) is 5.34. The van der Waals surface area contributed by atoms with E-state index in [4.69, 9.17) is 9.47 Å². The lowest BCUT2D eigenvalue weighted by molar-refractivity contribution is 0.0349. The number of amides is 2. The van der Waals surface area contributed by atoms with Gasteiger partial charge in [-0.1, -0.05) is 12.1 Å². The fourth-order valence-corrected chi connectivity index (χ4v) is 3.54. The molecule has 7 heteroatoms. The number of carbonyl (C=O) groups is 1. The summed E-state index contributed by atoms with van der Waals surface area (Å²) in [6.45, 7) is 1.75. The molecular formula is C18H16F2N2O3. The minimum Gasteiger partial charge on any atom is -0.493 e. The molecule has 2 amide bonds. The van der Waals surface area contributed by atoms with Gasteiger partial charge in [0.1, 0.15) is 0 Å². The second-order valence-electron chi connectivity index (χ2n) is 6.30. The first kappa shape index (κ1) is 15.7. The molecule has 0 aliphatic carbocycles. The van der Waals surface area contributed by atoms with Crippen molar-refractivity contribution in [1.29, 1.82) is 0 Å². The van der Waals surface area contributed by atoms with E-state index >= 15 is 0 Å². The van der Waals surface area contributed by atoms with Crippen molar-refractivity contribution in [3.05, 3.63) is 53.6 Å². The van der Waals surface area contributed by atoms with E-state index in [1.165, 1.54) is 18.1 Å². The lowest BCUT2D eigenvalue weighted by Gasteiger charge is -2.50. The van der Waals surface area contributed by atoms with E-state index < -0.39 is 23.4 Å². The molecule has 5 nitrogen and oxygen atoms in total. The van der Waals surface area contributed by atoms with E-state index in [-0.39, 0.29) is 11.7 Å². The SMILES string of the molecule is COc1cccc2c1OC1(C)CC2NC(=O)N1c1ccc(F)c(F)c1. The Hall–Kier alpha value is -2.83. The third-order valence-electron chi connectivity index (χ3n) is 4.64. The molecule has 0 saturated carbocycles.